The van der Waals surface area contributed by atoms with Crippen molar-refractivity contribution < 1.29 is 19.2 Å². The molecule has 4 amide bonds. The van der Waals surface area contributed by atoms with Crippen LogP contribution in [0.25, 0.3) is 0 Å². The van der Waals surface area contributed by atoms with Gasteiger partial charge in [0.1, 0.15) is 12.1 Å². The number of hydrogen-bond donors (Lipinski definition) is 5. The SMILES string of the molecule is CC(=O)N[C@H]1CCC(=O)NCCCC[C@@H](C(=O)NN)NC1=O. The van der Waals surface area contributed by atoms with E-state index in [0.717, 1.165) is 0 Å². The maximum atomic E-state index is 12.2. The summed E-state index contributed by atoms with van der Waals surface area (Å²) in [4.78, 5) is 46.7. The molecule has 6 N–H and O–H groups in total. The quantitative estimate of drug-likeness (QED) is 0.229. The van der Waals surface area contributed by atoms with Crippen LogP contribution in [0.3, 0.4) is 0 Å². The molecule has 0 bridgehead atoms. The molecule has 0 aromatic carbocycles. The van der Waals surface area contributed by atoms with Crippen molar-refractivity contribution in [2.75, 3.05) is 6.54 Å². The second kappa shape index (κ2) is 8.98. The molecule has 0 saturated carbocycles. The largest absolute Gasteiger partial charge is 0.356 e. The lowest BCUT2D eigenvalue weighted by atomic mass is 10.1. The summed E-state index contributed by atoms with van der Waals surface area (Å²) in [5.41, 5.74) is 2.02. The van der Waals surface area contributed by atoms with Crippen LogP contribution in [0.1, 0.15) is 39.0 Å². The van der Waals surface area contributed by atoms with Gasteiger partial charge in [0.25, 0.3) is 5.91 Å². The van der Waals surface area contributed by atoms with E-state index in [1.54, 1.807) is 0 Å². The Morgan fingerprint density at radius 1 is 1.23 bits per heavy atom. The summed E-state index contributed by atoms with van der Waals surface area (Å²) in [5, 5.41) is 7.80. The maximum absolute atomic E-state index is 12.2. The lowest BCUT2D eigenvalue weighted by Crippen LogP contribution is -2.54. The third-order valence-electron chi connectivity index (χ3n) is 3.37. The van der Waals surface area contributed by atoms with Crippen molar-refractivity contribution in [3.05, 3.63) is 0 Å². The first-order valence-electron chi connectivity index (χ1n) is 7.28. The Labute approximate surface area is 128 Å². The summed E-state index contributed by atoms with van der Waals surface area (Å²) < 4.78 is 0. The molecular weight excluding hydrogens is 290 g/mol. The Kier molecular flexibility index (Phi) is 7.30. The summed E-state index contributed by atoms with van der Waals surface area (Å²) in [7, 11) is 0. The minimum Gasteiger partial charge on any atom is -0.356 e. The molecule has 0 aromatic rings. The van der Waals surface area contributed by atoms with Crippen molar-refractivity contribution in [1.82, 2.24) is 21.4 Å². The second-order valence-electron chi connectivity index (χ2n) is 5.21. The van der Waals surface area contributed by atoms with Crippen molar-refractivity contribution in [3.63, 3.8) is 0 Å². The molecule has 2 atom stereocenters. The van der Waals surface area contributed by atoms with Gasteiger partial charge in [-0.3, -0.25) is 24.6 Å². The van der Waals surface area contributed by atoms with E-state index < -0.39 is 23.9 Å². The minimum atomic E-state index is -0.865. The number of nitrogens with one attached hydrogen (secondary N) is 4. The van der Waals surface area contributed by atoms with Crippen LogP contribution in [-0.4, -0.2) is 42.3 Å². The number of nitrogens with two attached hydrogens (primary N) is 1. The first-order chi connectivity index (χ1) is 10.4. The Balaban J connectivity index is 2.82. The molecule has 9 nitrogen and oxygen atoms in total. The fourth-order valence-electron chi connectivity index (χ4n) is 2.22. The number of hydrazine groups is 1. The maximum Gasteiger partial charge on any atom is 0.256 e. The summed E-state index contributed by atoms with van der Waals surface area (Å²) in [5.74, 6) is 3.58. The Hall–Kier alpha value is -2.16. The van der Waals surface area contributed by atoms with Crippen LogP contribution in [0.4, 0.5) is 0 Å². The van der Waals surface area contributed by atoms with Crippen molar-refractivity contribution in [2.45, 2.75) is 51.1 Å². The zero-order chi connectivity index (χ0) is 16.5. The highest BCUT2D eigenvalue weighted by Gasteiger charge is 2.26. The third-order valence-corrected chi connectivity index (χ3v) is 3.37. The number of carbonyl (C=O) groups excluding carboxylic acids is 4. The molecule has 1 aliphatic rings. The molecule has 1 fully saturated rings. The lowest BCUT2D eigenvalue weighted by Gasteiger charge is -2.23. The molecule has 0 unspecified atom stereocenters. The van der Waals surface area contributed by atoms with Crippen LogP contribution in [-0.2, 0) is 19.2 Å². The Bertz CT molecular complexity index is 440. The smallest absolute Gasteiger partial charge is 0.256 e. The number of rotatable bonds is 2. The fraction of sp³-hybridized carbons (Fsp3) is 0.692. The summed E-state index contributed by atoms with van der Waals surface area (Å²) in [6.07, 6.45) is 2.02. The van der Waals surface area contributed by atoms with Gasteiger partial charge < -0.3 is 16.0 Å². The summed E-state index contributed by atoms with van der Waals surface area (Å²) in [6.45, 7) is 1.79. The van der Waals surface area contributed by atoms with Gasteiger partial charge >= 0.3 is 0 Å². The highest BCUT2D eigenvalue weighted by Crippen LogP contribution is 2.05. The van der Waals surface area contributed by atoms with Gasteiger partial charge in [-0.05, 0) is 25.7 Å². The van der Waals surface area contributed by atoms with Crippen LogP contribution in [0, 0.1) is 0 Å². The standard InChI is InChI=1S/C13H23N5O4/c1-8(19)16-10-5-6-11(20)15-7-3-2-4-9(13(22)18-14)17-12(10)21/h9-10H,2-7,14H2,1H3,(H,15,20)(H,16,19)(H,17,21)(H,18,22)/t9-,10-/m0/s1. The third kappa shape index (κ3) is 6.08. The predicted octanol–water partition coefficient (Wildman–Crippen LogP) is -1.95. The molecule has 1 rings (SSSR count). The van der Waals surface area contributed by atoms with Gasteiger partial charge in [-0.25, -0.2) is 5.84 Å². The molecular formula is C13H23N5O4. The zero-order valence-electron chi connectivity index (χ0n) is 12.6. The van der Waals surface area contributed by atoms with E-state index in [9.17, 15) is 19.2 Å². The predicted molar refractivity (Wildman–Crippen MR) is 78.0 cm³/mol. The van der Waals surface area contributed by atoms with Crippen LogP contribution in [0.15, 0.2) is 0 Å². The van der Waals surface area contributed by atoms with E-state index in [1.807, 2.05) is 5.43 Å². The summed E-state index contributed by atoms with van der Waals surface area (Å²) >= 11 is 0. The number of carbonyl (C=O) groups is 4. The van der Waals surface area contributed by atoms with Crippen molar-refractivity contribution in [3.8, 4) is 0 Å². The Morgan fingerprint density at radius 3 is 2.59 bits per heavy atom. The number of hydrogen-bond acceptors (Lipinski definition) is 5. The van der Waals surface area contributed by atoms with Crippen molar-refractivity contribution >= 4 is 23.6 Å². The molecule has 1 heterocycles. The first kappa shape index (κ1) is 17.9. The van der Waals surface area contributed by atoms with Gasteiger partial charge in [0.2, 0.25) is 17.7 Å². The van der Waals surface area contributed by atoms with Crippen LogP contribution in [0.2, 0.25) is 0 Å². The molecule has 22 heavy (non-hydrogen) atoms. The van der Waals surface area contributed by atoms with Crippen LogP contribution >= 0.6 is 0 Å². The highest BCUT2D eigenvalue weighted by atomic mass is 16.2. The molecule has 0 aromatic heterocycles. The van der Waals surface area contributed by atoms with Gasteiger partial charge in [0.15, 0.2) is 0 Å². The average molecular weight is 313 g/mol. The molecule has 0 aliphatic carbocycles. The topological polar surface area (TPSA) is 142 Å². The van der Waals surface area contributed by atoms with Gasteiger partial charge in [-0.2, -0.15) is 0 Å². The van der Waals surface area contributed by atoms with Gasteiger partial charge in [0.05, 0.1) is 0 Å². The normalized spacial score (nSPS) is 24.1. The van der Waals surface area contributed by atoms with Crippen molar-refractivity contribution in [2.24, 2.45) is 5.84 Å². The van der Waals surface area contributed by atoms with Gasteiger partial charge in [-0.1, -0.05) is 0 Å². The molecule has 0 spiro atoms. The molecule has 124 valence electrons. The molecule has 1 saturated heterocycles. The van der Waals surface area contributed by atoms with E-state index in [0.29, 0.717) is 25.8 Å². The van der Waals surface area contributed by atoms with Crippen LogP contribution < -0.4 is 27.2 Å². The van der Waals surface area contributed by atoms with Crippen LogP contribution in [0.5, 0.6) is 0 Å². The van der Waals surface area contributed by atoms with E-state index in [-0.39, 0.29) is 24.7 Å². The van der Waals surface area contributed by atoms with Gasteiger partial charge in [-0.15, -0.1) is 0 Å². The minimum absolute atomic E-state index is 0.117. The zero-order valence-corrected chi connectivity index (χ0v) is 12.6. The fourth-order valence-corrected chi connectivity index (χ4v) is 2.22. The van der Waals surface area contributed by atoms with E-state index in [2.05, 4.69) is 16.0 Å². The van der Waals surface area contributed by atoms with E-state index >= 15 is 0 Å². The molecule has 9 heteroatoms. The number of amides is 4. The average Bonchev–Trinajstić information content (AvgIpc) is 2.47. The van der Waals surface area contributed by atoms with Crippen molar-refractivity contribution in [1.29, 1.82) is 0 Å². The lowest BCUT2D eigenvalue weighted by molar-refractivity contribution is -0.132. The first-order valence-corrected chi connectivity index (χ1v) is 7.28. The molecule has 1 aliphatic heterocycles. The molecule has 0 radical (unpaired) electrons. The monoisotopic (exact) mass is 313 g/mol. The highest BCUT2D eigenvalue weighted by molar-refractivity contribution is 5.92. The van der Waals surface area contributed by atoms with Gasteiger partial charge in [0, 0.05) is 19.9 Å². The Morgan fingerprint density at radius 2 is 1.95 bits per heavy atom. The van der Waals surface area contributed by atoms with E-state index in [1.165, 1.54) is 6.92 Å². The van der Waals surface area contributed by atoms with E-state index in [4.69, 9.17) is 5.84 Å². The summed E-state index contributed by atoms with van der Waals surface area (Å²) in [6, 6.07) is -1.63. The second-order valence-corrected chi connectivity index (χ2v) is 5.21.